The molecule has 1 aromatic rings. The number of hydrogen-bond donors (Lipinski definition) is 1. The lowest BCUT2D eigenvalue weighted by molar-refractivity contribution is 0.0435. The molecule has 1 saturated heterocycles. The first-order valence-corrected chi connectivity index (χ1v) is 9.39. The van der Waals surface area contributed by atoms with Crippen LogP contribution in [0.4, 0.5) is 0 Å². The van der Waals surface area contributed by atoms with Gasteiger partial charge >= 0.3 is 0 Å². The van der Waals surface area contributed by atoms with E-state index in [2.05, 4.69) is 11.4 Å². The Morgan fingerprint density at radius 3 is 2.95 bits per heavy atom. The van der Waals surface area contributed by atoms with E-state index < -0.39 is 0 Å². The summed E-state index contributed by atoms with van der Waals surface area (Å²) in [5.41, 5.74) is 1.04. The molecule has 110 valence electrons. The van der Waals surface area contributed by atoms with Gasteiger partial charge in [0, 0.05) is 29.7 Å². The molecule has 3 rings (SSSR count). The molecule has 1 amide bonds. The number of nitrogens with one attached hydrogen (secondary N) is 1. The van der Waals surface area contributed by atoms with Crippen molar-refractivity contribution in [1.29, 1.82) is 0 Å². The van der Waals surface area contributed by atoms with E-state index in [4.69, 9.17) is 16.3 Å². The van der Waals surface area contributed by atoms with Gasteiger partial charge in [0.2, 0.25) is 0 Å². The van der Waals surface area contributed by atoms with Crippen molar-refractivity contribution in [3.8, 4) is 0 Å². The van der Waals surface area contributed by atoms with E-state index in [1.54, 1.807) is 11.3 Å². The van der Waals surface area contributed by atoms with E-state index in [9.17, 15) is 4.79 Å². The van der Waals surface area contributed by atoms with E-state index >= 15 is 0 Å². The van der Waals surface area contributed by atoms with Gasteiger partial charge in [0.1, 0.15) is 0 Å². The van der Waals surface area contributed by atoms with E-state index in [-0.39, 0.29) is 11.4 Å². The van der Waals surface area contributed by atoms with Gasteiger partial charge in [-0.1, -0.05) is 0 Å². The Balaban J connectivity index is 1.73. The first-order valence-electron chi connectivity index (χ1n) is 6.88. The number of ether oxygens (including phenoxy) is 1. The molecule has 1 N–H and O–H groups in total. The number of thioether (sulfide) groups is 1. The maximum atomic E-state index is 12.5. The number of alkyl halides is 1. The van der Waals surface area contributed by atoms with Crippen LogP contribution in [0.25, 0.3) is 0 Å². The van der Waals surface area contributed by atoms with Gasteiger partial charge in [0.05, 0.1) is 10.4 Å². The number of halogens is 1. The smallest absolute Gasteiger partial charge is 0.261 e. The molecule has 6 heteroatoms. The molecule has 3 nitrogen and oxygen atoms in total. The molecular weight excluding hydrogens is 314 g/mol. The van der Waals surface area contributed by atoms with Crippen LogP contribution in [0, 0.1) is 0 Å². The molecule has 0 unspecified atom stereocenters. The maximum absolute atomic E-state index is 12.5. The number of fused-ring (bicyclic) bond motifs is 1. The molecule has 2 aliphatic heterocycles. The van der Waals surface area contributed by atoms with E-state index in [1.807, 2.05) is 11.8 Å². The van der Waals surface area contributed by atoms with Crippen LogP contribution in [-0.4, -0.2) is 36.3 Å². The highest BCUT2D eigenvalue weighted by Crippen LogP contribution is 2.32. The molecule has 20 heavy (non-hydrogen) atoms. The molecule has 0 saturated carbocycles. The van der Waals surface area contributed by atoms with Gasteiger partial charge in [-0.2, -0.15) is 11.8 Å². The number of rotatable bonds is 3. The van der Waals surface area contributed by atoms with E-state index in [0.717, 1.165) is 35.6 Å². The second kappa shape index (κ2) is 6.26. The SMILES string of the molecule is O=C(NC1(CCl)CCOCC1)c1cc2c(s1)CCSC2. The molecule has 0 spiro atoms. The summed E-state index contributed by atoms with van der Waals surface area (Å²) in [5, 5.41) is 3.16. The van der Waals surface area contributed by atoms with Crippen LogP contribution < -0.4 is 5.32 Å². The zero-order chi connectivity index (χ0) is 14.0. The van der Waals surface area contributed by atoms with Gasteiger partial charge in [-0.05, 0) is 36.6 Å². The summed E-state index contributed by atoms with van der Waals surface area (Å²) in [7, 11) is 0. The molecule has 0 radical (unpaired) electrons. The molecular formula is C14H18ClNO2S2. The number of thiophene rings is 1. The predicted octanol–water partition coefficient (Wildman–Crippen LogP) is 3.06. The van der Waals surface area contributed by atoms with Crippen molar-refractivity contribution in [3.63, 3.8) is 0 Å². The van der Waals surface area contributed by atoms with E-state index in [1.165, 1.54) is 10.4 Å². The lowest BCUT2D eigenvalue weighted by Gasteiger charge is -2.36. The van der Waals surface area contributed by atoms with Crippen LogP contribution in [-0.2, 0) is 16.9 Å². The Bertz CT molecular complexity index is 474. The Morgan fingerprint density at radius 1 is 1.45 bits per heavy atom. The Labute approximate surface area is 132 Å². The molecule has 0 aromatic carbocycles. The van der Waals surface area contributed by atoms with Crippen LogP contribution in [0.5, 0.6) is 0 Å². The number of carbonyl (C=O) groups excluding carboxylic acids is 1. The van der Waals surface area contributed by atoms with Crippen molar-refractivity contribution in [2.75, 3.05) is 24.8 Å². The topological polar surface area (TPSA) is 38.3 Å². The van der Waals surface area contributed by atoms with Gasteiger partial charge in [0.25, 0.3) is 5.91 Å². The third-order valence-corrected chi connectivity index (χ3v) is 6.69. The van der Waals surface area contributed by atoms with Crippen LogP contribution in [0.1, 0.15) is 33.0 Å². The summed E-state index contributed by atoms with van der Waals surface area (Å²) in [6.07, 6.45) is 2.68. The molecule has 0 bridgehead atoms. The fraction of sp³-hybridized carbons (Fsp3) is 0.643. The predicted molar refractivity (Wildman–Crippen MR) is 85.2 cm³/mol. The zero-order valence-corrected chi connectivity index (χ0v) is 13.6. The normalized spacial score (nSPS) is 21.2. The first-order chi connectivity index (χ1) is 9.72. The van der Waals surface area contributed by atoms with Crippen LogP contribution >= 0.6 is 34.7 Å². The molecule has 0 atom stereocenters. The molecule has 3 heterocycles. The van der Waals surface area contributed by atoms with Gasteiger partial charge in [-0.15, -0.1) is 22.9 Å². The number of amides is 1. The fourth-order valence-corrected chi connectivity index (χ4v) is 5.22. The van der Waals surface area contributed by atoms with Gasteiger partial charge < -0.3 is 10.1 Å². The summed E-state index contributed by atoms with van der Waals surface area (Å²) in [6, 6.07) is 2.06. The Hall–Kier alpha value is -0.230. The van der Waals surface area contributed by atoms with Gasteiger partial charge in [0.15, 0.2) is 0 Å². The first kappa shape index (κ1) is 14.7. The highest BCUT2D eigenvalue weighted by molar-refractivity contribution is 7.98. The molecule has 1 fully saturated rings. The second-order valence-electron chi connectivity index (χ2n) is 5.34. The molecule has 0 aliphatic carbocycles. The van der Waals surface area contributed by atoms with Crippen molar-refractivity contribution < 1.29 is 9.53 Å². The van der Waals surface area contributed by atoms with Gasteiger partial charge in [-0.3, -0.25) is 4.79 Å². The summed E-state index contributed by atoms with van der Waals surface area (Å²) in [4.78, 5) is 14.7. The van der Waals surface area contributed by atoms with Gasteiger partial charge in [-0.25, -0.2) is 0 Å². The highest BCUT2D eigenvalue weighted by atomic mass is 35.5. The van der Waals surface area contributed by atoms with Crippen LogP contribution in [0.3, 0.4) is 0 Å². The number of aryl methyl sites for hydroxylation is 1. The standard InChI is InChI=1S/C14H18ClNO2S2/c15-9-14(2-4-18-5-3-14)16-13(17)12-7-10-8-19-6-1-11(10)20-12/h7H,1-6,8-9H2,(H,16,17). The minimum atomic E-state index is -0.296. The molecule has 1 aromatic heterocycles. The van der Waals surface area contributed by atoms with Crippen molar-refractivity contribution >= 4 is 40.6 Å². The largest absolute Gasteiger partial charge is 0.381 e. The quantitative estimate of drug-likeness (QED) is 0.865. The lowest BCUT2D eigenvalue weighted by atomic mass is 9.92. The highest BCUT2D eigenvalue weighted by Gasteiger charge is 2.34. The lowest BCUT2D eigenvalue weighted by Crippen LogP contribution is -2.53. The van der Waals surface area contributed by atoms with Crippen LogP contribution in [0.15, 0.2) is 6.07 Å². The van der Waals surface area contributed by atoms with Crippen molar-refractivity contribution in [2.24, 2.45) is 0 Å². The van der Waals surface area contributed by atoms with Crippen LogP contribution in [0.2, 0.25) is 0 Å². The monoisotopic (exact) mass is 331 g/mol. The fourth-order valence-electron chi connectivity index (χ4n) is 2.62. The minimum Gasteiger partial charge on any atom is -0.381 e. The van der Waals surface area contributed by atoms with Crippen molar-refractivity contribution in [3.05, 3.63) is 21.4 Å². The number of carbonyl (C=O) groups is 1. The average Bonchev–Trinajstić information content (AvgIpc) is 2.92. The summed E-state index contributed by atoms with van der Waals surface area (Å²) < 4.78 is 5.37. The summed E-state index contributed by atoms with van der Waals surface area (Å²) in [5.74, 6) is 2.67. The van der Waals surface area contributed by atoms with Crippen molar-refractivity contribution in [2.45, 2.75) is 30.6 Å². The average molecular weight is 332 g/mol. The third-order valence-electron chi connectivity index (χ3n) is 3.94. The van der Waals surface area contributed by atoms with Crippen molar-refractivity contribution in [1.82, 2.24) is 5.32 Å². The minimum absolute atomic E-state index is 0.0250. The zero-order valence-electron chi connectivity index (χ0n) is 11.2. The maximum Gasteiger partial charge on any atom is 0.261 e. The number of hydrogen-bond acceptors (Lipinski definition) is 4. The Kier molecular flexibility index (Phi) is 4.60. The Morgan fingerprint density at radius 2 is 2.25 bits per heavy atom. The van der Waals surface area contributed by atoms with E-state index in [0.29, 0.717) is 19.1 Å². The summed E-state index contributed by atoms with van der Waals surface area (Å²) in [6.45, 7) is 1.34. The third kappa shape index (κ3) is 3.01. The molecule has 2 aliphatic rings. The summed E-state index contributed by atoms with van der Waals surface area (Å²) >= 11 is 9.68. The second-order valence-corrected chi connectivity index (χ2v) is 7.85.